The molecule has 2 aromatic carbocycles. The van der Waals surface area contributed by atoms with Gasteiger partial charge in [0.1, 0.15) is 5.58 Å². The highest BCUT2D eigenvalue weighted by Crippen LogP contribution is 2.27. The molecule has 3 aromatic rings. The van der Waals surface area contributed by atoms with Crippen LogP contribution in [-0.4, -0.2) is 37.9 Å². The number of esters is 1. The molecule has 0 unspecified atom stereocenters. The third kappa shape index (κ3) is 5.62. The second-order valence-electron chi connectivity index (χ2n) is 6.43. The molecule has 0 saturated carbocycles. The molecule has 0 atom stereocenters. The molecule has 0 saturated heterocycles. The number of furan rings is 1. The zero-order valence-corrected chi connectivity index (χ0v) is 17.2. The molecular weight excluding hydrogens is 390 g/mol. The number of fused-ring (bicyclic) bond motifs is 1. The van der Waals surface area contributed by atoms with E-state index in [0.29, 0.717) is 17.7 Å². The molecule has 0 bridgehead atoms. The van der Waals surface area contributed by atoms with E-state index < -0.39 is 5.97 Å². The molecule has 7 heteroatoms. The van der Waals surface area contributed by atoms with Crippen molar-refractivity contribution >= 4 is 34.6 Å². The van der Waals surface area contributed by atoms with Crippen LogP contribution in [0.25, 0.3) is 11.0 Å². The van der Waals surface area contributed by atoms with Crippen LogP contribution < -0.4 is 5.32 Å². The van der Waals surface area contributed by atoms with Gasteiger partial charge in [-0.3, -0.25) is 4.79 Å². The number of benzene rings is 2. The fourth-order valence-electron chi connectivity index (χ4n) is 2.79. The normalized spacial score (nSPS) is 10.8. The maximum Gasteiger partial charge on any atom is 0.375 e. The fraction of sp³-hybridized carbons (Fsp3) is 0.273. The number of methoxy groups -OCH3 is 1. The highest BCUT2D eigenvalue weighted by molar-refractivity contribution is 7.99. The van der Waals surface area contributed by atoms with E-state index in [1.54, 1.807) is 24.9 Å². The van der Waals surface area contributed by atoms with E-state index in [2.05, 4.69) is 29.6 Å². The smallest absolute Gasteiger partial charge is 0.375 e. The van der Waals surface area contributed by atoms with E-state index in [1.807, 2.05) is 25.1 Å². The summed E-state index contributed by atoms with van der Waals surface area (Å²) in [4.78, 5) is 25.5. The van der Waals surface area contributed by atoms with Crippen LogP contribution in [0.5, 0.6) is 0 Å². The van der Waals surface area contributed by atoms with Gasteiger partial charge in [-0.15, -0.1) is 11.8 Å². The lowest BCUT2D eigenvalue weighted by Crippen LogP contribution is -2.30. The van der Waals surface area contributed by atoms with E-state index in [9.17, 15) is 9.59 Å². The fourth-order valence-corrected chi connectivity index (χ4v) is 3.56. The second-order valence-corrected chi connectivity index (χ2v) is 7.59. The molecule has 152 valence electrons. The highest BCUT2D eigenvalue weighted by atomic mass is 32.2. The van der Waals surface area contributed by atoms with Gasteiger partial charge in [-0.1, -0.05) is 35.9 Å². The lowest BCUT2D eigenvalue weighted by molar-refractivity contribution is -0.124. The van der Waals surface area contributed by atoms with Crippen molar-refractivity contribution in [3.05, 3.63) is 65.4 Å². The summed E-state index contributed by atoms with van der Waals surface area (Å²) in [5.41, 5.74) is 2.40. The van der Waals surface area contributed by atoms with Crippen molar-refractivity contribution in [2.75, 3.05) is 26.0 Å². The summed E-state index contributed by atoms with van der Waals surface area (Å²) in [6.07, 6.45) is 0. The van der Waals surface area contributed by atoms with Gasteiger partial charge in [-0.25, -0.2) is 4.79 Å². The predicted octanol–water partition coefficient (Wildman–Crippen LogP) is 3.95. The summed E-state index contributed by atoms with van der Waals surface area (Å²) in [5, 5.41) is 3.54. The Bertz CT molecular complexity index is 981. The standard InChI is InChI=1S/C22H23NO5S/c1-15-7-9-16(10-8-15)29-12-11-23-20(24)14-27-22(25)21-18(13-26-2)17-5-3-4-6-19(17)28-21/h3-10H,11-14H2,1-2H3,(H,23,24). The summed E-state index contributed by atoms with van der Waals surface area (Å²) in [6, 6.07) is 15.5. The molecule has 0 fully saturated rings. The Morgan fingerprint density at radius 1 is 1.10 bits per heavy atom. The van der Waals surface area contributed by atoms with Gasteiger partial charge in [0.25, 0.3) is 5.91 Å². The Morgan fingerprint density at radius 3 is 2.62 bits per heavy atom. The van der Waals surface area contributed by atoms with E-state index in [1.165, 1.54) is 5.56 Å². The van der Waals surface area contributed by atoms with E-state index >= 15 is 0 Å². The molecule has 0 aliphatic heterocycles. The van der Waals surface area contributed by atoms with Crippen LogP contribution in [0.15, 0.2) is 57.8 Å². The van der Waals surface area contributed by atoms with Crippen LogP contribution in [0.4, 0.5) is 0 Å². The minimum absolute atomic E-state index is 0.0655. The molecular formula is C22H23NO5S. The molecule has 1 aromatic heterocycles. The van der Waals surface area contributed by atoms with Crippen LogP contribution in [0.3, 0.4) is 0 Å². The van der Waals surface area contributed by atoms with Gasteiger partial charge in [0.15, 0.2) is 6.61 Å². The Hall–Kier alpha value is -2.77. The maximum absolute atomic E-state index is 12.4. The molecule has 1 N–H and O–H groups in total. The first-order chi connectivity index (χ1) is 14.1. The molecule has 0 radical (unpaired) electrons. The average Bonchev–Trinajstić information content (AvgIpc) is 3.10. The van der Waals surface area contributed by atoms with Gasteiger partial charge in [0.05, 0.1) is 6.61 Å². The first-order valence-electron chi connectivity index (χ1n) is 9.21. The zero-order valence-electron chi connectivity index (χ0n) is 16.4. The average molecular weight is 413 g/mol. The van der Waals surface area contributed by atoms with Crippen LogP contribution in [0.2, 0.25) is 0 Å². The van der Waals surface area contributed by atoms with Crippen LogP contribution in [0, 0.1) is 6.92 Å². The molecule has 0 aliphatic carbocycles. The van der Waals surface area contributed by atoms with Crippen molar-refractivity contribution in [2.45, 2.75) is 18.4 Å². The van der Waals surface area contributed by atoms with Crippen LogP contribution >= 0.6 is 11.8 Å². The first-order valence-corrected chi connectivity index (χ1v) is 10.2. The molecule has 0 aliphatic rings. The Labute approximate surface area is 173 Å². The quantitative estimate of drug-likeness (QED) is 0.325. The summed E-state index contributed by atoms with van der Waals surface area (Å²) in [5.74, 6) is -0.245. The van der Waals surface area contributed by atoms with Crippen LogP contribution in [-0.2, 0) is 20.9 Å². The minimum Gasteiger partial charge on any atom is -0.450 e. The van der Waals surface area contributed by atoms with Gasteiger partial charge >= 0.3 is 5.97 Å². The van der Waals surface area contributed by atoms with Crippen molar-refractivity contribution in [1.29, 1.82) is 0 Å². The Kier molecular flexibility index (Phi) is 7.32. The van der Waals surface area contributed by atoms with Crippen molar-refractivity contribution in [3.63, 3.8) is 0 Å². The third-order valence-electron chi connectivity index (χ3n) is 4.22. The summed E-state index contributed by atoms with van der Waals surface area (Å²) >= 11 is 1.65. The number of rotatable bonds is 9. The molecule has 1 amide bonds. The molecule has 0 spiro atoms. The number of carbonyl (C=O) groups is 2. The lowest BCUT2D eigenvalue weighted by atomic mass is 10.1. The molecule has 1 heterocycles. The first kappa shape index (κ1) is 21.0. The topological polar surface area (TPSA) is 77.8 Å². The van der Waals surface area contributed by atoms with Gasteiger partial charge in [-0.05, 0) is 25.1 Å². The number of aryl methyl sites for hydroxylation is 1. The van der Waals surface area contributed by atoms with E-state index in [4.69, 9.17) is 13.9 Å². The van der Waals surface area contributed by atoms with Gasteiger partial charge < -0.3 is 19.2 Å². The predicted molar refractivity (Wildman–Crippen MR) is 112 cm³/mol. The van der Waals surface area contributed by atoms with Crippen molar-refractivity contribution < 1.29 is 23.5 Å². The molecule has 3 rings (SSSR count). The summed E-state index contributed by atoms with van der Waals surface area (Å²) in [7, 11) is 1.54. The van der Waals surface area contributed by atoms with Gasteiger partial charge in [0.2, 0.25) is 5.76 Å². The number of nitrogens with one attached hydrogen (secondary N) is 1. The summed E-state index contributed by atoms with van der Waals surface area (Å²) in [6.45, 7) is 2.37. The molecule has 6 nitrogen and oxygen atoms in total. The lowest BCUT2D eigenvalue weighted by Gasteiger charge is -2.07. The largest absolute Gasteiger partial charge is 0.450 e. The molecule has 29 heavy (non-hydrogen) atoms. The van der Waals surface area contributed by atoms with Gasteiger partial charge in [-0.2, -0.15) is 0 Å². The number of amides is 1. The maximum atomic E-state index is 12.4. The number of hydrogen-bond donors (Lipinski definition) is 1. The number of carbonyl (C=O) groups excluding carboxylic acids is 2. The highest BCUT2D eigenvalue weighted by Gasteiger charge is 2.22. The van der Waals surface area contributed by atoms with Gasteiger partial charge in [0, 0.05) is 35.3 Å². The summed E-state index contributed by atoms with van der Waals surface area (Å²) < 4.78 is 15.9. The number of thioether (sulfide) groups is 1. The number of para-hydroxylation sites is 1. The minimum atomic E-state index is -0.683. The van der Waals surface area contributed by atoms with Crippen molar-refractivity contribution in [3.8, 4) is 0 Å². The van der Waals surface area contributed by atoms with E-state index in [-0.39, 0.29) is 24.9 Å². The SMILES string of the molecule is COCc1c(C(=O)OCC(=O)NCCSc2ccc(C)cc2)oc2ccccc12. The monoisotopic (exact) mass is 413 g/mol. The number of hydrogen-bond acceptors (Lipinski definition) is 6. The second kappa shape index (κ2) is 10.1. The van der Waals surface area contributed by atoms with E-state index in [0.717, 1.165) is 16.0 Å². The van der Waals surface area contributed by atoms with Crippen molar-refractivity contribution in [2.24, 2.45) is 0 Å². The number of ether oxygens (including phenoxy) is 2. The van der Waals surface area contributed by atoms with Crippen molar-refractivity contribution in [1.82, 2.24) is 5.32 Å². The Balaban J connectivity index is 1.47. The third-order valence-corrected chi connectivity index (χ3v) is 5.23. The van der Waals surface area contributed by atoms with Crippen LogP contribution in [0.1, 0.15) is 21.7 Å². The zero-order chi connectivity index (χ0) is 20.6. The Morgan fingerprint density at radius 2 is 1.86 bits per heavy atom.